The fourth-order valence-electron chi connectivity index (χ4n) is 1.40. The van der Waals surface area contributed by atoms with E-state index in [-0.39, 0.29) is 6.04 Å². The molecule has 0 aromatic rings. The van der Waals surface area contributed by atoms with Crippen molar-refractivity contribution in [1.29, 1.82) is 5.26 Å². The van der Waals surface area contributed by atoms with Crippen LogP contribution in [-0.2, 0) is 0 Å². The van der Waals surface area contributed by atoms with Gasteiger partial charge in [-0.2, -0.15) is 5.26 Å². The summed E-state index contributed by atoms with van der Waals surface area (Å²) in [7, 11) is 2.04. The van der Waals surface area contributed by atoms with E-state index >= 15 is 0 Å². The van der Waals surface area contributed by atoms with Crippen LogP contribution in [0.15, 0.2) is 0 Å². The van der Waals surface area contributed by atoms with Gasteiger partial charge < -0.3 is 0 Å². The zero-order chi connectivity index (χ0) is 9.56. The Hall–Kier alpha value is -0.550. The molecule has 2 atom stereocenters. The van der Waals surface area contributed by atoms with Crippen molar-refractivity contribution >= 4 is 0 Å². The molecule has 0 aliphatic carbocycles. The standard InChI is InChI=1S/C10H20N2/c1-5-7-9(3)12(4)10(6-2)8-11/h9-10H,5-7H2,1-4H3. The van der Waals surface area contributed by atoms with Crippen LogP contribution in [0.5, 0.6) is 0 Å². The van der Waals surface area contributed by atoms with E-state index in [9.17, 15) is 0 Å². The minimum Gasteiger partial charge on any atom is -0.288 e. The minimum absolute atomic E-state index is 0.0894. The van der Waals surface area contributed by atoms with Gasteiger partial charge in [0.05, 0.1) is 12.1 Å². The van der Waals surface area contributed by atoms with Crippen molar-refractivity contribution in [3.8, 4) is 6.07 Å². The van der Waals surface area contributed by atoms with E-state index in [2.05, 4.69) is 31.7 Å². The molecule has 0 heterocycles. The van der Waals surface area contributed by atoms with Crippen molar-refractivity contribution < 1.29 is 0 Å². The summed E-state index contributed by atoms with van der Waals surface area (Å²) in [6.07, 6.45) is 3.28. The molecule has 2 nitrogen and oxygen atoms in total. The third-order valence-corrected chi connectivity index (χ3v) is 2.43. The molecule has 0 saturated carbocycles. The molecule has 0 N–H and O–H groups in total. The molecule has 0 fully saturated rings. The lowest BCUT2D eigenvalue weighted by Gasteiger charge is -2.27. The fourth-order valence-corrected chi connectivity index (χ4v) is 1.40. The quantitative estimate of drug-likeness (QED) is 0.630. The van der Waals surface area contributed by atoms with E-state index in [0.29, 0.717) is 6.04 Å². The Morgan fingerprint density at radius 2 is 2.00 bits per heavy atom. The number of hydrogen-bond donors (Lipinski definition) is 0. The van der Waals surface area contributed by atoms with Crippen LogP contribution in [0.25, 0.3) is 0 Å². The Kier molecular flexibility index (Phi) is 5.74. The Labute approximate surface area is 76.2 Å². The molecular weight excluding hydrogens is 148 g/mol. The Morgan fingerprint density at radius 1 is 1.42 bits per heavy atom. The largest absolute Gasteiger partial charge is 0.288 e. The van der Waals surface area contributed by atoms with Gasteiger partial charge in [-0.1, -0.05) is 20.3 Å². The van der Waals surface area contributed by atoms with Gasteiger partial charge in [0, 0.05) is 6.04 Å². The van der Waals surface area contributed by atoms with E-state index in [0.717, 1.165) is 6.42 Å². The highest BCUT2D eigenvalue weighted by molar-refractivity contribution is 4.90. The van der Waals surface area contributed by atoms with Gasteiger partial charge in [0.25, 0.3) is 0 Å². The molecule has 0 aliphatic rings. The lowest BCUT2D eigenvalue weighted by Crippen LogP contribution is -2.37. The first-order chi connectivity index (χ1) is 5.67. The smallest absolute Gasteiger partial charge is 0.0975 e. The van der Waals surface area contributed by atoms with Gasteiger partial charge in [-0.05, 0) is 26.8 Å². The molecule has 0 aliphatic heterocycles. The minimum atomic E-state index is 0.0894. The van der Waals surface area contributed by atoms with Crippen LogP contribution in [0.2, 0.25) is 0 Å². The van der Waals surface area contributed by atoms with Crippen LogP contribution in [0.1, 0.15) is 40.0 Å². The van der Waals surface area contributed by atoms with Crippen LogP contribution in [0.4, 0.5) is 0 Å². The first kappa shape index (κ1) is 11.4. The number of rotatable bonds is 5. The predicted molar refractivity (Wildman–Crippen MR) is 51.8 cm³/mol. The summed E-state index contributed by atoms with van der Waals surface area (Å²) < 4.78 is 0. The molecule has 2 heteroatoms. The van der Waals surface area contributed by atoms with Crippen LogP contribution in [-0.4, -0.2) is 24.0 Å². The lowest BCUT2D eigenvalue weighted by atomic mass is 10.1. The predicted octanol–water partition coefficient (Wildman–Crippen LogP) is 2.41. The van der Waals surface area contributed by atoms with Crippen molar-refractivity contribution in [3.63, 3.8) is 0 Å². The second-order valence-electron chi connectivity index (χ2n) is 3.36. The second-order valence-corrected chi connectivity index (χ2v) is 3.36. The van der Waals surface area contributed by atoms with Crippen LogP contribution in [0, 0.1) is 11.3 Å². The maximum absolute atomic E-state index is 8.82. The summed E-state index contributed by atoms with van der Waals surface area (Å²) in [5.41, 5.74) is 0. The lowest BCUT2D eigenvalue weighted by molar-refractivity contribution is 0.205. The van der Waals surface area contributed by atoms with Crippen LogP contribution >= 0.6 is 0 Å². The molecule has 0 aromatic carbocycles. The van der Waals surface area contributed by atoms with E-state index in [1.54, 1.807) is 0 Å². The highest BCUT2D eigenvalue weighted by Gasteiger charge is 2.16. The molecule has 0 spiro atoms. The van der Waals surface area contributed by atoms with Gasteiger partial charge in [0.2, 0.25) is 0 Å². The van der Waals surface area contributed by atoms with Gasteiger partial charge in [-0.3, -0.25) is 4.90 Å². The third kappa shape index (κ3) is 3.23. The summed E-state index contributed by atoms with van der Waals surface area (Å²) in [5, 5.41) is 8.82. The summed E-state index contributed by atoms with van der Waals surface area (Å²) in [5.74, 6) is 0. The first-order valence-electron chi connectivity index (χ1n) is 4.78. The molecule has 0 rings (SSSR count). The Morgan fingerprint density at radius 3 is 2.33 bits per heavy atom. The van der Waals surface area contributed by atoms with Crippen molar-refractivity contribution in [2.45, 2.75) is 52.1 Å². The van der Waals surface area contributed by atoms with E-state index in [1.807, 2.05) is 7.05 Å². The highest BCUT2D eigenvalue weighted by Crippen LogP contribution is 2.09. The Bertz CT molecular complexity index is 148. The summed E-state index contributed by atoms with van der Waals surface area (Å²) in [6, 6.07) is 2.93. The molecule has 0 radical (unpaired) electrons. The summed E-state index contributed by atoms with van der Waals surface area (Å²) in [4.78, 5) is 2.17. The van der Waals surface area contributed by atoms with Gasteiger partial charge in [-0.15, -0.1) is 0 Å². The van der Waals surface area contributed by atoms with Crippen molar-refractivity contribution in [2.75, 3.05) is 7.05 Å². The number of hydrogen-bond acceptors (Lipinski definition) is 2. The monoisotopic (exact) mass is 168 g/mol. The molecule has 2 unspecified atom stereocenters. The topological polar surface area (TPSA) is 27.0 Å². The zero-order valence-electron chi connectivity index (χ0n) is 8.67. The van der Waals surface area contributed by atoms with Gasteiger partial charge in [-0.25, -0.2) is 0 Å². The summed E-state index contributed by atoms with van der Waals surface area (Å²) >= 11 is 0. The molecular formula is C10H20N2. The van der Waals surface area contributed by atoms with Crippen LogP contribution in [0.3, 0.4) is 0 Å². The maximum atomic E-state index is 8.82. The SMILES string of the molecule is CCCC(C)N(C)C(C#N)CC. The number of nitrogens with zero attached hydrogens (tertiary/aromatic N) is 2. The van der Waals surface area contributed by atoms with Crippen molar-refractivity contribution in [3.05, 3.63) is 0 Å². The normalized spacial score (nSPS) is 15.7. The van der Waals surface area contributed by atoms with Crippen molar-refractivity contribution in [2.24, 2.45) is 0 Å². The van der Waals surface area contributed by atoms with Gasteiger partial charge in [0.15, 0.2) is 0 Å². The maximum Gasteiger partial charge on any atom is 0.0975 e. The van der Waals surface area contributed by atoms with Crippen LogP contribution < -0.4 is 0 Å². The first-order valence-corrected chi connectivity index (χ1v) is 4.78. The second kappa shape index (κ2) is 6.02. The molecule has 0 amide bonds. The fraction of sp³-hybridized carbons (Fsp3) is 0.900. The molecule has 0 aromatic heterocycles. The Balaban J connectivity index is 3.98. The van der Waals surface area contributed by atoms with E-state index in [4.69, 9.17) is 5.26 Å². The molecule has 0 saturated heterocycles. The van der Waals surface area contributed by atoms with Gasteiger partial charge in [0.1, 0.15) is 0 Å². The van der Waals surface area contributed by atoms with E-state index in [1.165, 1.54) is 12.8 Å². The van der Waals surface area contributed by atoms with E-state index < -0.39 is 0 Å². The van der Waals surface area contributed by atoms with Gasteiger partial charge >= 0.3 is 0 Å². The van der Waals surface area contributed by atoms with Crippen molar-refractivity contribution in [1.82, 2.24) is 4.90 Å². The number of nitriles is 1. The third-order valence-electron chi connectivity index (χ3n) is 2.43. The molecule has 0 bridgehead atoms. The molecule has 70 valence electrons. The molecule has 12 heavy (non-hydrogen) atoms. The highest BCUT2D eigenvalue weighted by atomic mass is 15.1. The zero-order valence-corrected chi connectivity index (χ0v) is 8.67. The average Bonchev–Trinajstić information content (AvgIpc) is 2.07. The average molecular weight is 168 g/mol. The summed E-state index contributed by atoms with van der Waals surface area (Å²) in [6.45, 7) is 6.42.